The van der Waals surface area contributed by atoms with Crippen LogP contribution in [0.1, 0.15) is 0 Å². The van der Waals surface area contributed by atoms with Crippen LogP contribution in [0.3, 0.4) is 0 Å². The van der Waals surface area contributed by atoms with Crippen molar-refractivity contribution < 1.29 is 18.9 Å². The van der Waals surface area contributed by atoms with E-state index in [1.54, 1.807) is 36.4 Å². The molecule has 52 heavy (non-hydrogen) atoms. The number of aromatic nitrogens is 2. The number of ether oxygens (including phenoxy) is 4. The molecule has 0 fully saturated rings. The number of hydrogen-bond acceptors (Lipinski definition) is 6. The number of benzene rings is 7. The minimum absolute atomic E-state index is 0.254. The first kappa shape index (κ1) is 30.7. The summed E-state index contributed by atoms with van der Waals surface area (Å²) in [6.45, 7) is 0. The third-order valence-corrected chi connectivity index (χ3v) is 8.71. The molecule has 0 radical (unpaired) electrons. The van der Waals surface area contributed by atoms with E-state index in [1.165, 1.54) is 0 Å². The highest BCUT2D eigenvalue weighted by Gasteiger charge is 2.18. The van der Waals surface area contributed by atoms with Crippen molar-refractivity contribution in [1.82, 2.24) is 9.97 Å². The molecule has 0 spiro atoms. The summed E-state index contributed by atoms with van der Waals surface area (Å²) in [6, 6.07) is 47.6. The fourth-order valence-electron chi connectivity index (χ4n) is 6.30. The van der Waals surface area contributed by atoms with Crippen LogP contribution < -0.4 is 29.8 Å². The highest BCUT2D eigenvalue weighted by molar-refractivity contribution is 6.04. The second kappa shape index (κ2) is 12.9. The largest absolute Gasteiger partial charge is 0.457 e. The summed E-state index contributed by atoms with van der Waals surface area (Å²) >= 11 is 0. The van der Waals surface area contributed by atoms with Gasteiger partial charge < -0.3 is 28.9 Å². The first-order chi connectivity index (χ1) is 25.6. The van der Waals surface area contributed by atoms with Crippen molar-refractivity contribution in [3.63, 3.8) is 0 Å². The van der Waals surface area contributed by atoms with E-state index in [4.69, 9.17) is 18.9 Å². The molecule has 7 aromatic carbocycles. The lowest BCUT2D eigenvalue weighted by atomic mass is 10.0. The van der Waals surface area contributed by atoms with Gasteiger partial charge in [0.05, 0.1) is 32.8 Å². The number of aromatic amines is 2. The normalized spacial score (nSPS) is 11.2. The molecule has 9 rings (SSSR count). The number of fused-ring (bicyclic) bond motifs is 4. The van der Waals surface area contributed by atoms with Crippen LogP contribution in [-0.2, 0) is 0 Å². The lowest BCUT2D eigenvalue weighted by Gasteiger charge is -2.15. The van der Waals surface area contributed by atoms with Crippen LogP contribution in [0.4, 0.5) is 0 Å². The van der Waals surface area contributed by atoms with Crippen molar-refractivity contribution in [2.45, 2.75) is 0 Å². The Labute approximate surface area is 296 Å². The maximum atomic E-state index is 14.4. The third-order valence-electron chi connectivity index (χ3n) is 8.71. The quantitative estimate of drug-likeness (QED) is 0.155. The summed E-state index contributed by atoms with van der Waals surface area (Å²) in [5, 5.41) is 1.49. The van der Waals surface area contributed by atoms with Crippen molar-refractivity contribution in [1.29, 1.82) is 0 Å². The van der Waals surface area contributed by atoms with Crippen LogP contribution in [-0.4, -0.2) is 9.97 Å². The number of rotatable bonds is 8. The van der Waals surface area contributed by atoms with Crippen LogP contribution in [0.25, 0.3) is 43.6 Å². The Kier molecular flexibility index (Phi) is 7.59. The molecular formula is C44H28N2O6. The minimum atomic E-state index is -0.254. The van der Waals surface area contributed by atoms with E-state index in [9.17, 15) is 9.59 Å². The zero-order chi connectivity index (χ0) is 35.0. The Balaban J connectivity index is 1.25. The Hall–Kier alpha value is -7.32. The van der Waals surface area contributed by atoms with Crippen LogP contribution in [0.5, 0.6) is 46.0 Å². The van der Waals surface area contributed by atoms with E-state index in [1.807, 2.05) is 121 Å². The Morgan fingerprint density at radius 1 is 0.327 bits per heavy atom. The van der Waals surface area contributed by atoms with Crippen molar-refractivity contribution in [2.75, 3.05) is 0 Å². The van der Waals surface area contributed by atoms with E-state index in [-0.39, 0.29) is 10.9 Å². The molecule has 9 aromatic rings. The smallest absolute Gasteiger partial charge is 0.197 e. The maximum Gasteiger partial charge on any atom is 0.197 e. The molecule has 2 heterocycles. The second-order valence-corrected chi connectivity index (χ2v) is 12.2. The lowest BCUT2D eigenvalue weighted by molar-refractivity contribution is 0.463. The first-order valence-electron chi connectivity index (χ1n) is 16.6. The van der Waals surface area contributed by atoms with Gasteiger partial charge in [-0.15, -0.1) is 0 Å². The van der Waals surface area contributed by atoms with Gasteiger partial charge in [-0.25, -0.2) is 0 Å². The highest BCUT2D eigenvalue weighted by Crippen LogP contribution is 2.37. The van der Waals surface area contributed by atoms with Gasteiger partial charge in [0, 0.05) is 22.9 Å². The summed E-state index contributed by atoms with van der Waals surface area (Å²) in [5.74, 6) is 4.07. The first-order valence-corrected chi connectivity index (χ1v) is 16.6. The number of hydrogen-bond donors (Lipinski definition) is 2. The standard InChI is InChI=1S/C44H28N2O6/c47-43-33-25-38-34(44(48)36-22-32(50-28-15-7-2-8-16-28)24-40(42(36)46-38)52-30-19-11-4-12-20-30)26-37(33)45-41-35(43)21-31(49-27-13-5-1-6-14-27)23-39(41)51-29-17-9-3-10-18-29/h1-26H,(H,45,47)(H,46,48). The predicted molar refractivity (Wildman–Crippen MR) is 204 cm³/mol. The topological polar surface area (TPSA) is 103 Å². The summed E-state index contributed by atoms with van der Waals surface area (Å²) in [6.07, 6.45) is 0. The van der Waals surface area contributed by atoms with Gasteiger partial charge in [0.25, 0.3) is 0 Å². The minimum Gasteiger partial charge on any atom is -0.457 e. The van der Waals surface area contributed by atoms with Crippen LogP contribution >= 0.6 is 0 Å². The van der Waals surface area contributed by atoms with Gasteiger partial charge in [0.1, 0.15) is 34.5 Å². The van der Waals surface area contributed by atoms with E-state index in [0.717, 1.165) is 0 Å². The van der Waals surface area contributed by atoms with Gasteiger partial charge in [-0.05, 0) is 72.8 Å². The summed E-state index contributed by atoms with van der Waals surface area (Å²) in [7, 11) is 0. The zero-order valence-corrected chi connectivity index (χ0v) is 27.5. The van der Waals surface area contributed by atoms with Crippen molar-refractivity contribution in [2.24, 2.45) is 0 Å². The van der Waals surface area contributed by atoms with E-state index in [0.29, 0.717) is 89.6 Å². The summed E-state index contributed by atoms with van der Waals surface area (Å²) in [4.78, 5) is 35.5. The number of nitrogens with one attached hydrogen (secondary N) is 2. The van der Waals surface area contributed by atoms with Crippen LogP contribution in [0.2, 0.25) is 0 Å². The molecule has 2 N–H and O–H groups in total. The average molecular weight is 681 g/mol. The highest BCUT2D eigenvalue weighted by atomic mass is 16.5. The monoisotopic (exact) mass is 680 g/mol. The maximum absolute atomic E-state index is 14.4. The summed E-state index contributed by atoms with van der Waals surface area (Å²) in [5.41, 5.74) is 1.38. The molecule has 0 aliphatic rings. The number of H-pyrrole nitrogens is 2. The van der Waals surface area contributed by atoms with Crippen LogP contribution in [0.15, 0.2) is 167 Å². The molecule has 0 unspecified atom stereocenters. The Morgan fingerprint density at radius 3 is 1.00 bits per heavy atom. The molecule has 2 aromatic heterocycles. The van der Waals surface area contributed by atoms with Gasteiger partial charge in [0.15, 0.2) is 22.4 Å². The number of para-hydroxylation sites is 4. The summed E-state index contributed by atoms with van der Waals surface area (Å²) < 4.78 is 25.0. The molecule has 0 atom stereocenters. The molecular weight excluding hydrogens is 652 g/mol. The molecule has 8 heteroatoms. The second-order valence-electron chi connectivity index (χ2n) is 12.2. The molecule has 8 nitrogen and oxygen atoms in total. The molecule has 0 saturated carbocycles. The Morgan fingerprint density at radius 2 is 0.654 bits per heavy atom. The van der Waals surface area contributed by atoms with Crippen molar-refractivity contribution >= 4 is 43.6 Å². The molecule has 0 saturated heterocycles. The van der Waals surface area contributed by atoms with E-state index >= 15 is 0 Å². The predicted octanol–water partition coefficient (Wildman–Crippen LogP) is 10.8. The molecule has 0 aliphatic carbocycles. The zero-order valence-electron chi connectivity index (χ0n) is 27.5. The molecule has 0 bridgehead atoms. The van der Waals surface area contributed by atoms with Crippen LogP contribution in [0, 0.1) is 0 Å². The van der Waals surface area contributed by atoms with Gasteiger partial charge in [-0.1, -0.05) is 72.8 Å². The third kappa shape index (κ3) is 5.84. The van der Waals surface area contributed by atoms with Crippen molar-refractivity contribution in [3.8, 4) is 46.0 Å². The average Bonchev–Trinajstić information content (AvgIpc) is 3.17. The molecule has 0 amide bonds. The molecule has 250 valence electrons. The lowest BCUT2D eigenvalue weighted by Crippen LogP contribution is -2.09. The van der Waals surface area contributed by atoms with Crippen molar-refractivity contribution in [3.05, 3.63) is 178 Å². The van der Waals surface area contributed by atoms with E-state index in [2.05, 4.69) is 9.97 Å². The molecule has 0 aliphatic heterocycles. The van der Waals surface area contributed by atoms with Gasteiger partial charge in [0.2, 0.25) is 0 Å². The van der Waals surface area contributed by atoms with Gasteiger partial charge >= 0.3 is 0 Å². The number of pyridine rings is 2. The fourth-order valence-corrected chi connectivity index (χ4v) is 6.30. The SMILES string of the molecule is O=c1c2cc3[nH]c4c(Oc5ccccc5)cc(Oc5ccccc5)cc4c(=O)c3cc2[nH]c2c(Oc3ccccc3)cc(Oc3ccccc3)cc12. The fraction of sp³-hybridized carbons (Fsp3) is 0. The van der Waals surface area contributed by atoms with Gasteiger partial charge in [-0.3, -0.25) is 9.59 Å². The van der Waals surface area contributed by atoms with E-state index < -0.39 is 0 Å². The Bertz CT molecular complexity index is 2670. The van der Waals surface area contributed by atoms with Gasteiger partial charge in [-0.2, -0.15) is 0 Å².